The maximum atomic E-state index is 6.08. The highest BCUT2D eigenvalue weighted by Gasteiger charge is 2.20. The molecule has 1 aliphatic rings. The zero-order chi connectivity index (χ0) is 22.4. The molecule has 0 amide bonds. The average molecular weight is 429 g/mol. The lowest BCUT2D eigenvalue weighted by Crippen LogP contribution is -2.10. The van der Waals surface area contributed by atoms with Crippen molar-refractivity contribution in [3.63, 3.8) is 0 Å². The van der Waals surface area contributed by atoms with Gasteiger partial charge in [-0.05, 0) is 59.6 Å². The molecule has 1 fully saturated rings. The summed E-state index contributed by atoms with van der Waals surface area (Å²) in [5.74, 6) is 1.23. The summed E-state index contributed by atoms with van der Waals surface area (Å²) in [6.07, 6.45) is 9.76. The summed E-state index contributed by atoms with van der Waals surface area (Å²) in [4.78, 5) is 8.64. The number of azo groups is 1. The van der Waals surface area contributed by atoms with Gasteiger partial charge >= 0.3 is 0 Å². The molecule has 1 saturated carbocycles. The van der Waals surface area contributed by atoms with Crippen molar-refractivity contribution in [2.75, 3.05) is 0 Å². The number of benzene rings is 2. The number of rotatable bonds is 6. The predicted octanol–water partition coefficient (Wildman–Crippen LogP) is 7.82. The van der Waals surface area contributed by atoms with Crippen LogP contribution in [0.2, 0.25) is 0 Å². The number of ether oxygens (including phenoxy) is 1. The third-order valence-corrected chi connectivity index (χ3v) is 6.07. The molecule has 0 N–H and O–H groups in total. The van der Waals surface area contributed by atoms with E-state index in [1.807, 2.05) is 42.6 Å². The van der Waals surface area contributed by atoms with E-state index in [0.717, 1.165) is 28.4 Å². The number of hydrogen-bond acceptors (Lipinski definition) is 5. The van der Waals surface area contributed by atoms with E-state index in [1.165, 1.54) is 37.7 Å². The molecule has 0 unspecified atom stereocenters. The Kier molecular flexibility index (Phi) is 6.93. The molecule has 0 aliphatic heterocycles. The Balaban J connectivity index is 1.36. The zero-order valence-corrected chi connectivity index (χ0v) is 19.3. The van der Waals surface area contributed by atoms with Crippen LogP contribution in [0.25, 0.3) is 0 Å². The molecule has 1 aromatic heterocycles. The highest BCUT2D eigenvalue weighted by atomic mass is 16.5. The Labute approximate surface area is 191 Å². The predicted molar refractivity (Wildman–Crippen MR) is 128 cm³/mol. The quantitative estimate of drug-likeness (QED) is 0.376. The Morgan fingerprint density at radius 1 is 0.875 bits per heavy atom. The van der Waals surface area contributed by atoms with Gasteiger partial charge in [0.1, 0.15) is 12.9 Å². The molecule has 32 heavy (non-hydrogen) atoms. The molecule has 0 spiro atoms. The Morgan fingerprint density at radius 2 is 1.50 bits per heavy atom. The summed E-state index contributed by atoms with van der Waals surface area (Å²) in [5.41, 5.74) is 5.32. The standard InChI is InChI=1S/C27H32N4O/c1-27(2,3)22-11-15-24(16-12-22)31-30-23-13-9-20(10-14-23)18-32-26-25(17-28-19-29-26)21-7-5-4-6-8-21/h9-17,19,21H,4-8,18H2,1-3H3. The van der Waals surface area contributed by atoms with Crippen LogP contribution in [-0.4, -0.2) is 9.97 Å². The minimum absolute atomic E-state index is 0.135. The molecule has 0 radical (unpaired) electrons. The lowest BCUT2D eigenvalue weighted by molar-refractivity contribution is 0.284. The van der Waals surface area contributed by atoms with Crippen LogP contribution in [0.4, 0.5) is 11.4 Å². The van der Waals surface area contributed by atoms with Crippen molar-refractivity contribution in [1.29, 1.82) is 0 Å². The Hall–Kier alpha value is -3.08. The van der Waals surface area contributed by atoms with Crippen LogP contribution in [0.15, 0.2) is 71.3 Å². The van der Waals surface area contributed by atoms with Crippen molar-refractivity contribution in [1.82, 2.24) is 9.97 Å². The SMILES string of the molecule is CC(C)(C)c1ccc(N=Nc2ccc(COc3ncncc3C3CCCCC3)cc2)cc1. The van der Waals surface area contributed by atoms with Crippen molar-refractivity contribution in [2.45, 2.75) is 70.8 Å². The number of aromatic nitrogens is 2. The molecule has 5 nitrogen and oxygen atoms in total. The van der Waals surface area contributed by atoms with E-state index < -0.39 is 0 Å². The van der Waals surface area contributed by atoms with Gasteiger partial charge in [0.15, 0.2) is 0 Å². The second-order valence-electron chi connectivity index (χ2n) is 9.57. The number of nitrogens with zero attached hydrogens (tertiary/aromatic N) is 4. The average Bonchev–Trinajstić information content (AvgIpc) is 2.82. The third kappa shape index (κ3) is 5.78. The molecule has 4 rings (SSSR count). The van der Waals surface area contributed by atoms with Crippen LogP contribution in [0.5, 0.6) is 5.88 Å². The van der Waals surface area contributed by atoms with E-state index >= 15 is 0 Å². The Morgan fingerprint density at radius 3 is 2.12 bits per heavy atom. The first-order valence-electron chi connectivity index (χ1n) is 11.5. The summed E-state index contributed by atoms with van der Waals surface area (Å²) < 4.78 is 6.08. The molecule has 0 atom stereocenters. The zero-order valence-electron chi connectivity index (χ0n) is 19.3. The second-order valence-corrected chi connectivity index (χ2v) is 9.57. The molecule has 5 heteroatoms. The van der Waals surface area contributed by atoms with Gasteiger partial charge < -0.3 is 4.74 Å². The first-order valence-corrected chi connectivity index (χ1v) is 11.5. The van der Waals surface area contributed by atoms with E-state index in [4.69, 9.17) is 4.74 Å². The van der Waals surface area contributed by atoms with E-state index in [-0.39, 0.29) is 5.41 Å². The van der Waals surface area contributed by atoms with Crippen LogP contribution in [-0.2, 0) is 12.0 Å². The summed E-state index contributed by atoms with van der Waals surface area (Å²) >= 11 is 0. The molecular formula is C27H32N4O. The van der Waals surface area contributed by atoms with Crippen molar-refractivity contribution >= 4 is 11.4 Å². The summed E-state index contributed by atoms with van der Waals surface area (Å²) in [6.45, 7) is 7.09. The van der Waals surface area contributed by atoms with E-state index in [9.17, 15) is 0 Å². The van der Waals surface area contributed by atoms with Gasteiger partial charge in [-0.3, -0.25) is 0 Å². The summed E-state index contributed by atoms with van der Waals surface area (Å²) in [5, 5.41) is 8.73. The van der Waals surface area contributed by atoms with Gasteiger partial charge in [-0.15, -0.1) is 0 Å². The van der Waals surface area contributed by atoms with Crippen LogP contribution < -0.4 is 4.74 Å². The third-order valence-electron chi connectivity index (χ3n) is 6.07. The first kappa shape index (κ1) is 22.1. The van der Waals surface area contributed by atoms with Gasteiger partial charge in [0.2, 0.25) is 5.88 Å². The maximum Gasteiger partial charge on any atom is 0.220 e. The minimum Gasteiger partial charge on any atom is -0.473 e. The maximum absolute atomic E-state index is 6.08. The van der Waals surface area contributed by atoms with Crippen molar-refractivity contribution in [3.05, 3.63) is 77.7 Å². The fraction of sp³-hybridized carbons (Fsp3) is 0.407. The van der Waals surface area contributed by atoms with Crippen LogP contribution in [0, 0.1) is 0 Å². The van der Waals surface area contributed by atoms with E-state index in [0.29, 0.717) is 12.5 Å². The smallest absolute Gasteiger partial charge is 0.220 e. The van der Waals surface area contributed by atoms with Gasteiger partial charge in [0, 0.05) is 11.8 Å². The second kappa shape index (κ2) is 10.0. The highest BCUT2D eigenvalue weighted by molar-refractivity contribution is 5.43. The van der Waals surface area contributed by atoms with Crippen molar-refractivity contribution in [2.24, 2.45) is 10.2 Å². The van der Waals surface area contributed by atoms with Crippen LogP contribution >= 0.6 is 0 Å². The van der Waals surface area contributed by atoms with Crippen LogP contribution in [0.3, 0.4) is 0 Å². The van der Waals surface area contributed by atoms with Crippen molar-refractivity contribution in [3.8, 4) is 5.88 Å². The fourth-order valence-corrected chi connectivity index (χ4v) is 4.10. The van der Waals surface area contributed by atoms with Crippen LogP contribution in [0.1, 0.15) is 75.5 Å². The molecule has 0 saturated heterocycles. The van der Waals surface area contributed by atoms with Gasteiger partial charge in [-0.1, -0.05) is 64.3 Å². The fourth-order valence-electron chi connectivity index (χ4n) is 4.10. The largest absolute Gasteiger partial charge is 0.473 e. The van der Waals surface area contributed by atoms with Gasteiger partial charge in [-0.25, -0.2) is 9.97 Å². The number of hydrogen-bond donors (Lipinski definition) is 0. The lowest BCUT2D eigenvalue weighted by atomic mass is 9.85. The molecule has 1 aliphatic carbocycles. The lowest BCUT2D eigenvalue weighted by Gasteiger charge is -2.23. The van der Waals surface area contributed by atoms with E-state index in [2.05, 4.69) is 53.1 Å². The Bertz CT molecular complexity index is 1030. The minimum atomic E-state index is 0.135. The molecular weight excluding hydrogens is 396 g/mol. The highest BCUT2D eigenvalue weighted by Crippen LogP contribution is 2.36. The van der Waals surface area contributed by atoms with E-state index in [1.54, 1.807) is 6.33 Å². The first-order chi connectivity index (χ1) is 15.5. The van der Waals surface area contributed by atoms with Crippen molar-refractivity contribution < 1.29 is 4.74 Å². The summed E-state index contributed by atoms with van der Waals surface area (Å²) in [6, 6.07) is 16.2. The molecule has 3 aromatic rings. The molecule has 2 aromatic carbocycles. The monoisotopic (exact) mass is 428 g/mol. The summed E-state index contributed by atoms with van der Waals surface area (Å²) in [7, 11) is 0. The molecule has 166 valence electrons. The van der Waals surface area contributed by atoms with Gasteiger partial charge in [0.05, 0.1) is 11.4 Å². The normalized spacial score (nSPS) is 15.2. The molecule has 1 heterocycles. The molecule has 0 bridgehead atoms. The van der Waals surface area contributed by atoms with Gasteiger partial charge in [0.25, 0.3) is 0 Å². The van der Waals surface area contributed by atoms with Gasteiger partial charge in [-0.2, -0.15) is 10.2 Å². The topological polar surface area (TPSA) is 59.7 Å².